The minimum absolute atomic E-state index is 0.349. The topological polar surface area (TPSA) is 69.2 Å². The largest absolute Gasteiger partial charge is 0.497 e. The van der Waals surface area contributed by atoms with Crippen LogP contribution in [0.4, 0.5) is 0 Å². The third kappa shape index (κ3) is 6.38. The minimum Gasteiger partial charge on any atom is -0.497 e. The Kier molecular flexibility index (Phi) is 7.44. The SMILES string of the molecule is COc1cccc(/C=N\NC(=O)[C@@H](C)Oc2ccc(OCc3ccccc3)cc2)c1. The van der Waals surface area contributed by atoms with Crippen molar-refractivity contribution in [2.75, 3.05) is 7.11 Å². The molecule has 3 aromatic carbocycles. The summed E-state index contributed by atoms with van der Waals surface area (Å²) in [6, 6.07) is 24.5. The van der Waals surface area contributed by atoms with E-state index >= 15 is 0 Å². The predicted octanol–water partition coefficient (Wildman–Crippen LogP) is 4.19. The van der Waals surface area contributed by atoms with Crippen molar-refractivity contribution in [3.63, 3.8) is 0 Å². The molecule has 0 bridgehead atoms. The minimum atomic E-state index is -0.705. The highest BCUT2D eigenvalue weighted by Crippen LogP contribution is 2.19. The number of nitrogens with one attached hydrogen (secondary N) is 1. The molecule has 0 unspecified atom stereocenters. The van der Waals surface area contributed by atoms with Crippen LogP contribution in [0.1, 0.15) is 18.1 Å². The van der Waals surface area contributed by atoms with E-state index in [0.717, 1.165) is 22.6 Å². The molecule has 0 saturated carbocycles. The van der Waals surface area contributed by atoms with Crippen LogP contribution in [-0.2, 0) is 11.4 Å². The van der Waals surface area contributed by atoms with Crippen LogP contribution in [0.5, 0.6) is 17.2 Å². The molecular weight excluding hydrogens is 380 g/mol. The molecule has 0 aliphatic carbocycles. The fraction of sp³-hybridized carbons (Fsp3) is 0.167. The van der Waals surface area contributed by atoms with Crippen LogP contribution < -0.4 is 19.6 Å². The molecule has 3 aromatic rings. The van der Waals surface area contributed by atoms with Crippen molar-refractivity contribution in [1.29, 1.82) is 0 Å². The summed E-state index contributed by atoms with van der Waals surface area (Å²) in [4.78, 5) is 12.2. The van der Waals surface area contributed by atoms with Gasteiger partial charge in [0.25, 0.3) is 5.91 Å². The lowest BCUT2D eigenvalue weighted by molar-refractivity contribution is -0.127. The van der Waals surface area contributed by atoms with Gasteiger partial charge in [0, 0.05) is 0 Å². The number of nitrogens with zero attached hydrogens (tertiary/aromatic N) is 1. The van der Waals surface area contributed by atoms with Gasteiger partial charge in [0.2, 0.25) is 0 Å². The molecule has 6 nitrogen and oxygen atoms in total. The Morgan fingerprint density at radius 2 is 1.70 bits per heavy atom. The first-order chi connectivity index (χ1) is 14.6. The number of rotatable bonds is 9. The molecule has 0 aliphatic rings. The van der Waals surface area contributed by atoms with Crippen molar-refractivity contribution >= 4 is 12.1 Å². The lowest BCUT2D eigenvalue weighted by Crippen LogP contribution is -2.33. The van der Waals surface area contributed by atoms with E-state index < -0.39 is 6.10 Å². The molecule has 30 heavy (non-hydrogen) atoms. The van der Waals surface area contributed by atoms with E-state index in [1.807, 2.05) is 66.7 Å². The van der Waals surface area contributed by atoms with Crippen molar-refractivity contribution in [3.05, 3.63) is 90.0 Å². The summed E-state index contributed by atoms with van der Waals surface area (Å²) >= 11 is 0. The Labute approximate surface area is 176 Å². The Morgan fingerprint density at radius 1 is 0.967 bits per heavy atom. The first-order valence-electron chi connectivity index (χ1n) is 9.54. The van der Waals surface area contributed by atoms with Crippen molar-refractivity contribution in [1.82, 2.24) is 5.43 Å². The summed E-state index contributed by atoms with van der Waals surface area (Å²) in [7, 11) is 1.60. The first kappa shape index (κ1) is 20.9. The average molecular weight is 404 g/mol. The van der Waals surface area contributed by atoms with E-state index in [1.54, 1.807) is 32.4 Å². The van der Waals surface area contributed by atoms with Crippen molar-refractivity contribution in [2.24, 2.45) is 5.10 Å². The third-order valence-corrected chi connectivity index (χ3v) is 4.24. The molecule has 1 N–H and O–H groups in total. The molecule has 0 aliphatic heterocycles. The van der Waals surface area contributed by atoms with Gasteiger partial charge in [-0.15, -0.1) is 0 Å². The molecule has 1 amide bonds. The second kappa shape index (κ2) is 10.7. The summed E-state index contributed by atoms with van der Waals surface area (Å²) in [6.07, 6.45) is 0.843. The lowest BCUT2D eigenvalue weighted by atomic mass is 10.2. The second-order valence-corrected chi connectivity index (χ2v) is 6.52. The number of carbonyl (C=O) groups is 1. The van der Waals surface area contributed by atoms with Gasteiger partial charge in [-0.3, -0.25) is 4.79 Å². The number of hydrazone groups is 1. The quantitative estimate of drug-likeness (QED) is 0.429. The Bertz CT molecular complexity index is 972. The normalized spacial score (nSPS) is 11.7. The van der Waals surface area contributed by atoms with E-state index in [2.05, 4.69) is 10.5 Å². The number of amides is 1. The van der Waals surface area contributed by atoms with E-state index in [-0.39, 0.29) is 5.91 Å². The highest BCUT2D eigenvalue weighted by atomic mass is 16.5. The number of benzene rings is 3. The van der Waals surface area contributed by atoms with Crippen molar-refractivity contribution < 1.29 is 19.0 Å². The van der Waals surface area contributed by atoms with Crippen LogP contribution in [0.3, 0.4) is 0 Å². The number of hydrogen-bond acceptors (Lipinski definition) is 5. The molecule has 154 valence electrons. The standard InChI is InChI=1S/C24H24N2O4/c1-18(24(27)26-25-16-20-9-6-10-23(15-20)28-2)30-22-13-11-21(12-14-22)29-17-19-7-4-3-5-8-19/h3-16,18H,17H2,1-2H3,(H,26,27)/b25-16-/t18-/m1/s1. The number of methoxy groups -OCH3 is 1. The Balaban J connectivity index is 1.46. The van der Waals surface area contributed by atoms with Crippen LogP contribution in [0, 0.1) is 0 Å². The molecule has 0 saturated heterocycles. The number of hydrogen-bond donors (Lipinski definition) is 1. The third-order valence-electron chi connectivity index (χ3n) is 4.24. The molecule has 0 spiro atoms. The highest BCUT2D eigenvalue weighted by molar-refractivity contribution is 5.84. The van der Waals surface area contributed by atoms with Gasteiger partial charge < -0.3 is 14.2 Å². The van der Waals surface area contributed by atoms with Crippen molar-refractivity contribution in [3.8, 4) is 17.2 Å². The van der Waals surface area contributed by atoms with E-state index in [4.69, 9.17) is 14.2 Å². The monoisotopic (exact) mass is 404 g/mol. The molecule has 0 aromatic heterocycles. The van der Waals surface area contributed by atoms with Gasteiger partial charge in [-0.25, -0.2) is 5.43 Å². The van der Waals surface area contributed by atoms with Crippen molar-refractivity contribution in [2.45, 2.75) is 19.6 Å². The van der Waals surface area contributed by atoms with Gasteiger partial charge in [-0.05, 0) is 54.4 Å². The van der Waals surface area contributed by atoms with Gasteiger partial charge in [-0.1, -0.05) is 42.5 Å². The molecule has 0 radical (unpaired) electrons. The Morgan fingerprint density at radius 3 is 2.43 bits per heavy atom. The zero-order valence-electron chi connectivity index (χ0n) is 16.9. The van der Waals surface area contributed by atoms with Gasteiger partial charge in [0.1, 0.15) is 23.9 Å². The fourth-order valence-corrected chi connectivity index (χ4v) is 2.60. The number of ether oxygens (including phenoxy) is 3. The van der Waals surface area contributed by atoms with Gasteiger partial charge in [-0.2, -0.15) is 5.10 Å². The lowest BCUT2D eigenvalue weighted by Gasteiger charge is -2.13. The zero-order valence-corrected chi connectivity index (χ0v) is 16.9. The average Bonchev–Trinajstić information content (AvgIpc) is 2.79. The summed E-state index contributed by atoms with van der Waals surface area (Å²) < 4.78 is 16.6. The maximum absolute atomic E-state index is 12.2. The maximum atomic E-state index is 12.2. The zero-order chi connectivity index (χ0) is 21.2. The molecule has 1 atom stereocenters. The summed E-state index contributed by atoms with van der Waals surface area (Å²) in [5.41, 5.74) is 4.39. The highest BCUT2D eigenvalue weighted by Gasteiger charge is 2.14. The smallest absolute Gasteiger partial charge is 0.280 e. The van der Waals surface area contributed by atoms with Crippen LogP contribution in [0.15, 0.2) is 84.0 Å². The van der Waals surface area contributed by atoms with Crippen LogP contribution in [0.2, 0.25) is 0 Å². The van der Waals surface area contributed by atoms with Gasteiger partial charge in [0.05, 0.1) is 13.3 Å². The molecular formula is C24H24N2O4. The van der Waals surface area contributed by atoms with Crippen LogP contribution in [-0.4, -0.2) is 25.3 Å². The van der Waals surface area contributed by atoms with E-state index in [1.165, 1.54) is 0 Å². The summed E-state index contributed by atoms with van der Waals surface area (Å²) in [6.45, 7) is 2.15. The van der Waals surface area contributed by atoms with Crippen LogP contribution >= 0.6 is 0 Å². The molecule has 0 fully saturated rings. The Hall–Kier alpha value is -3.80. The second-order valence-electron chi connectivity index (χ2n) is 6.52. The fourth-order valence-electron chi connectivity index (χ4n) is 2.60. The summed E-state index contributed by atoms with van der Waals surface area (Å²) in [5, 5.41) is 3.97. The molecule has 0 heterocycles. The molecule has 6 heteroatoms. The van der Waals surface area contributed by atoms with E-state index in [0.29, 0.717) is 12.4 Å². The molecule has 3 rings (SSSR count). The van der Waals surface area contributed by atoms with Crippen LogP contribution in [0.25, 0.3) is 0 Å². The first-order valence-corrected chi connectivity index (χ1v) is 9.54. The summed E-state index contributed by atoms with van der Waals surface area (Å²) in [5.74, 6) is 1.67. The van der Waals surface area contributed by atoms with Gasteiger partial charge in [0.15, 0.2) is 6.10 Å². The predicted molar refractivity (Wildman–Crippen MR) is 116 cm³/mol. The number of carbonyl (C=O) groups excluding carboxylic acids is 1. The van der Waals surface area contributed by atoms with Gasteiger partial charge >= 0.3 is 0 Å². The maximum Gasteiger partial charge on any atom is 0.280 e. The van der Waals surface area contributed by atoms with E-state index in [9.17, 15) is 4.79 Å².